The van der Waals surface area contributed by atoms with Crippen molar-refractivity contribution in [3.8, 4) is 0 Å². The van der Waals surface area contributed by atoms with Crippen molar-refractivity contribution >= 4 is 36.3 Å². The highest BCUT2D eigenvalue weighted by molar-refractivity contribution is 7.98. The van der Waals surface area contributed by atoms with Crippen LogP contribution in [0.2, 0.25) is 0 Å². The van der Waals surface area contributed by atoms with E-state index in [1.54, 1.807) is 6.92 Å². The molecule has 0 heterocycles. The number of rotatable bonds is 7. The summed E-state index contributed by atoms with van der Waals surface area (Å²) in [6.07, 6.45) is 1.17. The fourth-order valence-electron chi connectivity index (χ4n) is 0.789. The van der Waals surface area contributed by atoms with E-state index in [1.807, 2.05) is 6.26 Å². The molecule has 0 saturated carbocycles. The Labute approximate surface area is 99.2 Å². The quantitative estimate of drug-likeness (QED) is 0.528. The topological polar surface area (TPSA) is 63.6 Å². The van der Waals surface area contributed by atoms with Gasteiger partial charge in [0.15, 0.2) is 6.10 Å². The van der Waals surface area contributed by atoms with E-state index in [1.165, 1.54) is 11.8 Å². The Morgan fingerprint density at radius 2 is 2.13 bits per heavy atom. The molecule has 0 aliphatic carbocycles. The normalized spacial score (nSPS) is 14.3. The predicted molar refractivity (Wildman–Crippen MR) is 63.5 cm³/mol. The van der Waals surface area contributed by atoms with Crippen LogP contribution in [0, 0.1) is 5.92 Å². The number of thioether (sulfide) groups is 1. The zero-order valence-corrected chi connectivity index (χ0v) is 10.5. The average Bonchev–Trinajstić information content (AvgIpc) is 2.22. The van der Waals surface area contributed by atoms with E-state index in [2.05, 4.69) is 12.6 Å². The number of hydrogen-bond acceptors (Lipinski definition) is 5. The van der Waals surface area contributed by atoms with Crippen LogP contribution in [0.3, 0.4) is 0 Å². The molecule has 0 spiro atoms. The molecule has 0 aliphatic rings. The Hall–Kier alpha value is -0.360. The van der Waals surface area contributed by atoms with Gasteiger partial charge in [-0.2, -0.15) is 24.4 Å². The summed E-state index contributed by atoms with van der Waals surface area (Å²) in [4.78, 5) is 22.1. The average molecular weight is 252 g/mol. The summed E-state index contributed by atoms with van der Waals surface area (Å²) < 4.78 is 4.87. The minimum absolute atomic E-state index is 0.335. The van der Waals surface area contributed by atoms with Crippen LogP contribution >= 0.6 is 24.4 Å². The third-order valence-corrected chi connectivity index (χ3v) is 2.99. The molecule has 0 radical (unpaired) electrons. The van der Waals surface area contributed by atoms with Gasteiger partial charge in [-0.3, -0.25) is 4.79 Å². The molecule has 0 amide bonds. The van der Waals surface area contributed by atoms with Gasteiger partial charge in [-0.1, -0.05) is 6.92 Å². The van der Waals surface area contributed by atoms with Crippen LogP contribution in [-0.2, 0) is 14.3 Å². The molecular formula is C9H16O4S2. The van der Waals surface area contributed by atoms with E-state index < -0.39 is 18.0 Å². The predicted octanol–water partition coefficient (Wildman–Crippen LogP) is 1.30. The number of esters is 1. The lowest BCUT2D eigenvalue weighted by molar-refractivity contribution is -0.166. The molecule has 0 fully saturated rings. The zero-order valence-electron chi connectivity index (χ0n) is 8.80. The number of carbonyl (C=O) groups is 2. The molecule has 0 rings (SSSR count). The van der Waals surface area contributed by atoms with Crippen LogP contribution in [0.5, 0.6) is 0 Å². The highest BCUT2D eigenvalue weighted by Crippen LogP contribution is 2.09. The van der Waals surface area contributed by atoms with Gasteiger partial charge in [0.2, 0.25) is 0 Å². The minimum Gasteiger partial charge on any atom is -0.479 e. The van der Waals surface area contributed by atoms with Gasteiger partial charge in [0.25, 0.3) is 0 Å². The molecule has 0 saturated heterocycles. The third-order valence-electron chi connectivity index (χ3n) is 1.79. The van der Waals surface area contributed by atoms with E-state index in [0.717, 1.165) is 0 Å². The monoisotopic (exact) mass is 252 g/mol. The number of carboxylic acids is 1. The Kier molecular flexibility index (Phi) is 7.68. The Bertz CT molecular complexity index is 220. The van der Waals surface area contributed by atoms with Gasteiger partial charge in [-0.05, 0) is 12.0 Å². The van der Waals surface area contributed by atoms with Gasteiger partial charge >= 0.3 is 11.9 Å². The second kappa shape index (κ2) is 7.87. The van der Waals surface area contributed by atoms with E-state index in [4.69, 9.17) is 9.84 Å². The molecule has 0 aliphatic heterocycles. The van der Waals surface area contributed by atoms with Gasteiger partial charge in [-0.15, -0.1) is 0 Å². The summed E-state index contributed by atoms with van der Waals surface area (Å²) in [5, 5.41) is 8.80. The second-order valence-electron chi connectivity index (χ2n) is 3.13. The van der Waals surface area contributed by atoms with Crippen LogP contribution < -0.4 is 0 Å². The van der Waals surface area contributed by atoms with Crippen LogP contribution in [0.15, 0.2) is 0 Å². The van der Waals surface area contributed by atoms with Crippen LogP contribution in [-0.4, -0.2) is 40.9 Å². The number of thiol groups is 1. The highest BCUT2D eigenvalue weighted by atomic mass is 32.2. The first kappa shape index (κ1) is 14.6. The smallest absolute Gasteiger partial charge is 0.345 e. The van der Waals surface area contributed by atoms with Crippen molar-refractivity contribution in [2.24, 2.45) is 5.92 Å². The van der Waals surface area contributed by atoms with Gasteiger partial charge in [0, 0.05) is 12.2 Å². The Morgan fingerprint density at radius 1 is 1.53 bits per heavy atom. The summed E-state index contributed by atoms with van der Waals surface area (Å²) >= 11 is 5.47. The summed E-state index contributed by atoms with van der Waals surface area (Å²) in [7, 11) is 0. The summed E-state index contributed by atoms with van der Waals surface area (Å²) in [5.74, 6) is -0.959. The molecule has 15 heavy (non-hydrogen) atoms. The fourth-order valence-corrected chi connectivity index (χ4v) is 1.39. The second-order valence-corrected chi connectivity index (χ2v) is 4.48. The molecule has 0 aromatic rings. The SMILES string of the molecule is CSCC[C@H](OC(=O)[C@H](C)CS)C(=O)O. The van der Waals surface area contributed by atoms with Crippen LogP contribution in [0.1, 0.15) is 13.3 Å². The van der Waals surface area contributed by atoms with Crippen molar-refractivity contribution < 1.29 is 19.4 Å². The van der Waals surface area contributed by atoms with Crippen molar-refractivity contribution in [1.29, 1.82) is 0 Å². The van der Waals surface area contributed by atoms with Gasteiger partial charge in [-0.25, -0.2) is 4.79 Å². The van der Waals surface area contributed by atoms with Crippen LogP contribution in [0.4, 0.5) is 0 Å². The summed E-state index contributed by atoms with van der Waals surface area (Å²) in [6.45, 7) is 1.66. The van der Waals surface area contributed by atoms with Crippen LogP contribution in [0.25, 0.3) is 0 Å². The molecule has 0 aromatic heterocycles. The standard InChI is InChI=1S/C9H16O4S2/c1-6(5-14)9(12)13-7(8(10)11)3-4-15-2/h6-7,14H,3-5H2,1-2H3,(H,10,11)/t6-,7+/m1/s1. The molecule has 0 bridgehead atoms. The molecule has 88 valence electrons. The number of hydrogen-bond donors (Lipinski definition) is 2. The fraction of sp³-hybridized carbons (Fsp3) is 0.778. The molecule has 2 atom stereocenters. The number of aliphatic carboxylic acids is 1. The van der Waals surface area contributed by atoms with Gasteiger partial charge in [0.1, 0.15) is 0 Å². The molecular weight excluding hydrogens is 236 g/mol. The van der Waals surface area contributed by atoms with Gasteiger partial charge < -0.3 is 9.84 Å². The Morgan fingerprint density at radius 3 is 2.53 bits per heavy atom. The minimum atomic E-state index is -1.09. The van der Waals surface area contributed by atoms with E-state index >= 15 is 0 Å². The first-order valence-corrected chi connectivity index (χ1v) is 6.58. The van der Waals surface area contributed by atoms with Crippen molar-refractivity contribution in [3.63, 3.8) is 0 Å². The first-order valence-electron chi connectivity index (χ1n) is 4.56. The highest BCUT2D eigenvalue weighted by Gasteiger charge is 2.24. The lowest BCUT2D eigenvalue weighted by atomic mass is 10.2. The molecule has 4 nitrogen and oxygen atoms in total. The molecule has 0 aromatic carbocycles. The number of ether oxygens (including phenoxy) is 1. The largest absolute Gasteiger partial charge is 0.479 e. The van der Waals surface area contributed by atoms with Crippen molar-refractivity contribution in [2.45, 2.75) is 19.4 Å². The maximum atomic E-state index is 11.3. The molecule has 0 unspecified atom stereocenters. The maximum absolute atomic E-state index is 11.3. The van der Waals surface area contributed by atoms with E-state index in [0.29, 0.717) is 17.9 Å². The number of carbonyl (C=O) groups excluding carboxylic acids is 1. The van der Waals surface area contributed by atoms with Crippen molar-refractivity contribution in [3.05, 3.63) is 0 Å². The van der Waals surface area contributed by atoms with Crippen molar-refractivity contribution in [2.75, 3.05) is 17.8 Å². The molecule has 6 heteroatoms. The van der Waals surface area contributed by atoms with Crippen molar-refractivity contribution in [1.82, 2.24) is 0 Å². The third kappa shape index (κ3) is 5.94. The zero-order chi connectivity index (χ0) is 11.8. The van der Waals surface area contributed by atoms with E-state index in [9.17, 15) is 9.59 Å². The summed E-state index contributed by atoms with van der Waals surface area (Å²) in [6, 6.07) is 0. The van der Waals surface area contributed by atoms with Gasteiger partial charge in [0.05, 0.1) is 5.92 Å². The molecule has 1 N–H and O–H groups in total. The summed E-state index contributed by atoms with van der Waals surface area (Å²) in [5.41, 5.74) is 0. The lowest BCUT2D eigenvalue weighted by Gasteiger charge is -2.15. The number of carboxylic acid groups (broad SMARTS) is 1. The van der Waals surface area contributed by atoms with E-state index in [-0.39, 0.29) is 5.92 Å². The lowest BCUT2D eigenvalue weighted by Crippen LogP contribution is -2.30. The first-order chi connectivity index (χ1) is 7.02. The maximum Gasteiger partial charge on any atom is 0.345 e. The Balaban J connectivity index is 4.16.